The van der Waals surface area contributed by atoms with Crippen LogP contribution in [0.2, 0.25) is 0 Å². The fourth-order valence-corrected chi connectivity index (χ4v) is 4.82. The van der Waals surface area contributed by atoms with Crippen LogP contribution in [-0.2, 0) is 16.0 Å². The van der Waals surface area contributed by atoms with Gasteiger partial charge in [0.05, 0.1) is 5.56 Å². The van der Waals surface area contributed by atoms with Crippen LogP contribution in [0, 0.1) is 0 Å². The molecule has 0 aliphatic carbocycles. The van der Waals surface area contributed by atoms with Crippen LogP contribution in [-0.4, -0.2) is 107 Å². The number of nitrogens with zero attached hydrogens (tertiary/aromatic N) is 3. The zero-order valence-corrected chi connectivity index (χ0v) is 30.1. The maximum absolute atomic E-state index is 12.0. The van der Waals surface area contributed by atoms with Crippen LogP contribution in [0.25, 0.3) is 0 Å². The molecule has 2 aliphatic rings. The van der Waals surface area contributed by atoms with Gasteiger partial charge in [-0.15, -0.1) is 0 Å². The molecule has 0 unspecified atom stereocenters. The summed E-state index contributed by atoms with van der Waals surface area (Å²) in [6.45, 7) is 18.0. The van der Waals surface area contributed by atoms with Gasteiger partial charge < -0.3 is 34.8 Å². The Labute approximate surface area is 283 Å². The predicted octanol–water partition coefficient (Wildman–Crippen LogP) is 6.00. The standard InChI is InChI=1S/C16H23BrN2O3.C9H18N2O2.C7H5BrO2/c1-16(2,3)22-15(21)19-8-6-18(7-9-19)11-12-4-5-13(17)10-14(12)20;1-9(2,3)13-8(12)11-6-4-10-5-7-11;8-6-2-1-5(4-9)7(10)3-6/h4-5,10,20H,6-9,11H2,1-3H3;10H,4-7H2,1-3H3;1-4,10H. The van der Waals surface area contributed by atoms with Crippen molar-refractivity contribution in [3.63, 3.8) is 0 Å². The number of phenolic OH excluding ortho intramolecular Hbond substituents is 2. The summed E-state index contributed by atoms with van der Waals surface area (Å²) in [5.41, 5.74) is 0.358. The number of aromatic hydroxyl groups is 2. The maximum Gasteiger partial charge on any atom is 0.410 e. The molecule has 250 valence electrons. The van der Waals surface area contributed by atoms with E-state index in [-0.39, 0.29) is 23.5 Å². The largest absolute Gasteiger partial charge is 0.508 e. The molecule has 0 radical (unpaired) electrons. The first-order valence-corrected chi connectivity index (χ1v) is 16.4. The normalized spacial score (nSPS) is 15.6. The smallest absolute Gasteiger partial charge is 0.410 e. The molecular formula is C32H46Br2N4O7. The Morgan fingerprint density at radius 1 is 0.778 bits per heavy atom. The number of halogens is 2. The first-order chi connectivity index (χ1) is 21.0. The van der Waals surface area contributed by atoms with Gasteiger partial charge in [-0.3, -0.25) is 9.69 Å². The van der Waals surface area contributed by atoms with E-state index in [4.69, 9.17) is 14.6 Å². The highest BCUT2D eigenvalue weighted by atomic mass is 79.9. The first-order valence-electron chi connectivity index (χ1n) is 14.8. The Morgan fingerprint density at radius 2 is 1.24 bits per heavy atom. The van der Waals surface area contributed by atoms with Gasteiger partial charge in [-0.2, -0.15) is 0 Å². The van der Waals surface area contributed by atoms with Gasteiger partial charge in [0.1, 0.15) is 22.7 Å². The lowest BCUT2D eigenvalue weighted by molar-refractivity contribution is 0.0137. The Hall–Kier alpha value is -2.87. The second-order valence-electron chi connectivity index (χ2n) is 12.6. The summed E-state index contributed by atoms with van der Waals surface area (Å²) in [6.07, 6.45) is 0.162. The van der Waals surface area contributed by atoms with Gasteiger partial charge in [-0.25, -0.2) is 9.59 Å². The minimum Gasteiger partial charge on any atom is -0.508 e. The van der Waals surface area contributed by atoms with Gasteiger partial charge in [-0.05, 0) is 71.9 Å². The molecule has 2 amide bonds. The second kappa shape index (κ2) is 17.7. The SMILES string of the molecule is CC(C)(C)OC(=O)N1CCN(Cc2ccc(Br)cc2O)CC1.CC(C)(C)OC(=O)N1CCNCC1.O=Cc1ccc(Br)cc1O. The Balaban J connectivity index is 0.000000259. The van der Waals surface area contributed by atoms with Crippen molar-refractivity contribution in [2.45, 2.75) is 59.3 Å². The number of rotatable bonds is 3. The van der Waals surface area contributed by atoms with Gasteiger partial charge in [-0.1, -0.05) is 37.9 Å². The second-order valence-corrected chi connectivity index (χ2v) is 14.4. The van der Waals surface area contributed by atoms with Crippen molar-refractivity contribution in [2.24, 2.45) is 0 Å². The van der Waals surface area contributed by atoms with Crippen molar-refractivity contribution in [1.29, 1.82) is 0 Å². The number of hydrogen-bond acceptors (Lipinski definition) is 9. The van der Waals surface area contributed by atoms with Crippen molar-refractivity contribution in [1.82, 2.24) is 20.0 Å². The molecule has 3 N–H and O–H groups in total. The van der Waals surface area contributed by atoms with Crippen molar-refractivity contribution in [2.75, 3.05) is 52.4 Å². The van der Waals surface area contributed by atoms with E-state index in [1.54, 1.807) is 28.0 Å². The van der Waals surface area contributed by atoms with Gasteiger partial charge >= 0.3 is 12.2 Å². The summed E-state index contributed by atoms with van der Waals surface area (Å²) >= 11 is 6.49. The van der Waals surface area contributed by atoms with Crippen molar-refractivity contribution in [3.05, 3.63) is 56.5 Å². The summed E-state index contributed by atoms with van der Waals surface area (Å²) in [6, 6.07) is 10.3. The molecule has 2 saturated heterocycles. The van der Waals surface area contributed by atoms with Crippen LogP contribution in [0.15, 0.2) is 45.3 Å². The Kier molecular flexibility index (Phi) is 15.1. The lowest BCUT2D eigenvalue weighted by atomic mass is 10.1. The summed E-state index contributed by atoms with van der Waals surface area (Å²) in [7, 11) is 0. The lowest BCUT2D eigenvalue weighted by Crippen LogP contribution is -2.49. The van der Waals surface area contributed by atoms with E-state index in [2.05, 4.69) is 42.1 Å². The van der Waals surface area contributed by atoms with Gasteiger partial charge in [0.2, 0.25) is 0 Å². The number of ether oxygens (including phenoxy) is 2. The van der Waals surface area contributed by atoms with E-state index >= 15 is 0 Å². The van der Waals surface area contributed by atoms with Gasteiger partial charge in [0, 0.05) is 73.4 Å². The van der Waals surface area contributed by atoms with Crippen LogP contribution in [0.4, 0.5) is 9.59 Å². The molecule has 0 bridgehead atoms. The molecule has 2 aromatic carbocycles. The summed E-state index contributed by atoms with van der Waals surface area (Å²) in [4.78, 5) is 39.4. The molecule has 0 saturated carbocycles. The maximum atomic E-state index is 12.0. The van der Waals surface area contributed by atoms with E-state index in [0.717, 1.165) is 53.8 Å². The monoisotopic (exact) mass is 756 g/mol. The Morgan fingerprint density at radius 3 is 1.69 bits per heavy atom. The average molecular weight is 759 g/mol. The molecule has 0 aromatic heterocycles. The van der Waals surface area contributed by atoms with E-state index in [9.17, 15) is 19.5 Å². The first kappa shape index (κ1) is 38.3. The number of piperazine rings is 2. The summed E-state index contributed by atoms with van der Waals surface area (Å²) < 4.78 is 12.2. The number of carbonyl (C=O) groups excluding carboxylic acids is 3. The highest BCUT2D eigenvalue weighted by molar-refractivity contribution is 9.10. The molecule has 2 fully saturated rings. The van der Waals surface area contributed by atoms with E-state index < -0.39 is 5.60 Å². The number of amides is 2. The fourth-order valence-electron chi connectivity index (χ4n) is 4.12. The Bertz CT molecular complexity index is 1270. The summed E-state index contributed by atoms with van der Waals surface area (Å²) in [5.74, 6) is 0.299. The number of phenols is 2. The molecule has 2 aliphatic heterocycles. The quantitative estimate of drug-likeness (QED) is 0.323. The van der Waals surface area contributed by atoms with Crippen LogP contribution in [0.5, 0.6) is 11.5 Å². The minimum atomic E-state index is -0.461. The van der Waals surface area contributed by atoms with Crippen LogP contribution in [0.3, 0.4) is 0 Å². The van der Waals surface area contributed by atoms with Crippen molar-refractivity contribution < 1.29 is 34.1 Å². The highest BCUT2D eigenvalue weighted by Gasteiger charge is 2.26. The molecule has 2 heterocycles. The lowest BCUT2D eigenvalue weighted by Gasteiger charge is -2.35. The topological polar surface area (TPSA) is 132 Å². The minimum absolute atomic E-state index is 0.00405. The third-order valence-electron chi connectivity index (χ3n) is 6.35. The number of nitrogens with one attached hydrogen (secondary N) is 1. The highest BCUT2D eigenvalue weighted by Crippen LogP contribution is 2.24. The fraction of sp³-hybridized carbons (Fsp3) is 0.531. The molecule has 13 heteroatoms. The molecule has 4 rings (SSSR count). The molecule has 2 aromatic rings. The average Bonchev–Trinajstić information content (AvgIpc) is 2.94. The van der Waals surface area contributed by atoms with Crippen molar-refractivity contribution >= 4 is 50.3 Å². The molecule has 11 nitrogen and oxygen atoms in total. The predicted molar refractivity (Wildman–Crippen MR) is 181 cm³/mol. The van der Waals surface area contributed by atoms with Crippen LogP contribution < -0.4 is 5.32 Å². The molecule has 0 atom stereocenters. The number of carbonyl (C=O) groups is 3. The van der Waals surface area contributed by atoms with E-state index in [1.165, 1.54) is 6.07 Å². The zero-order chi connectivity index (χ0) is 33.8. The van der Waals surface area contributed by atoms with E-state index in [1.807, 2.05) is 53.7 Å². The number of benzene rings is 2. The van der Waals surface area contributed by atoms with Crippen LogP contribution in [0.1, 0.15) is 57.5 Å². The molecular weight excluding hydrogens is 712 g/mol. The third-order valence-corrected chi connectivity index (χ3v) is 7.34. The summed E-state index contributed by atoms with van der Waals surface area (Å²) in [5, 5.41) is 22.2. The number of hydrogen-bond donors (Lipinski definition) is 3. The van der Waals surface area contributed by atoms with Crippen molar-refractivity contribution in [3.8, 4) is 11.5 Å². The van der Waals surface area contributed by atoms with Crippen LogP contribution >= 0.6 is 31.9 Å². The number of aldehydes is 1. The zero-order valence-electron chi connectivity index (χ0n) is 26.9. The van der Waals surface area contributed by atoms with E-state index in [0.29, 0.717) is 37.2 Å². The molecule has 0 spiro atoms. The van der Waals surface area contributed by atoms with Gasteiger partial charge in [0.25, 0.3) is 0 Å². The third kappa shape index (κ3) is 14.8. The van der Waals surface area contributed by atoms with Gasteiger partial charge in [0.15, 0.2) is 6.29 Å². The molecule has 45 heavy (non-hydrogen) atoms.